The maximum absolute atomic E-state index is 10.9. The number of nitrogens with two attached hydrogens (primary N) is 1. The SMILES string of the molecule is CCc1cnc(CNc2cc(C(=O)O)c(N)cn2)s1. The van der Waals surface area contributed by atoms with E-state index in [1.54, 1.807) is 11.3 Å². The first-order valence-electron chi connectivity index (χ1n) is 5.76. The van der Waals surface area contributed by atoms with E-state index in [1.165, 1.54) is 17.1 Å². The van der Waals surface area contributed by atoms with Crippen LogP contribution in [0.4, 0.5) is 11.5 Å². The number of aromatic nitrogens is 2. The van der Waals surface area contributed by atoms with Crippen molar-refractivity contribution in [3.05, 3.63) is 33.9 Å². The van der Waals surface area contributed by atoms with Crippen LogP contribution < -0.4 is 11.1 Å². The predicted octanol–water partition coefficient (Wildman–Crippen LogP) is 1.99. The molecule has 6 nitrogen and oxygen atoms in total. The van der Waals surface area contributed by atoms with Crippen molar-refractivity contribution in [1.82, 2.24) is 9.97 Å². The molecule has 100 valence electrons. The number of aryl methyl sites for hydroxylation is 1. The van der Waals surface area contributed by atoms with Crippen LogP contribution in [-0.4, -0.2) is 21.0 Å². The van der Waals surface area contributed by atoms with Crippen LogP contribution in [0.5, 0.6) is 0 Å². The molecular formula is C12H14N4O2S. The summed E-state index contributed by atoms with van der Waals surface area (Å²) in [6.07, 6.45) is 4.15. The number of pyridine rings is 1. The Morgan fingerprint density at radius 2 is 2.26 bits per heavy atom. The standard InChI is InChI=1S/C12H14N4O2S/c1-2-7-4-16-11(19-7)6-15-10-3-8(12(17)18)9(13)5-14-10/h3-5H,2,6,13H2,1H3,(H,14,15)(H,17,18). The molecule has 19 heavy (non-hydrogen) atoms. The first-order valence-corrected chi connectivity index (χ1v) is 6.58. The van der Waals surface area contributed by atoms with Crippen LogP contribution in [0.15, 0.2) is 18.5 Å². The summed E-state index contributed by atoms with van der Waals surface area (Å²) in [5, 5.41) is 12.9. The lowest BCUT2D eigenvalue weighted by molar-refractivity contribution is 0.0698. The zero-order valence-electron chi connectivity index (χ0n) is 10.4. The Bertz CT molecular complexity index is 597. The Labute approximate surface area is 114 Å². The number of thiazole rings is 1. The molecule has 0 saturated carbocycles. The van der Waals surface area contributed by atoms with Crippen molar-refractivity contribution in [2.24, 2.45) is 0 Å². The normalized spacial score (nSPS) is 10.4. The number of carboxylic acids is 1. The van der Waals surface area contributed by atoms with Gasteiger partial charge >= 0.3 is 5.97 Å². The minimum atomic E-state index is -1.06. The fourth-order valence-corrected chi connectivity index (χ4v) is 2.31. The number of nitrogens with one attached hydrogen (secondary N) is 1. The maximum Gasteiger partial charge on any atom is 0.337 e. The Kier molecular flexibility index (Phi) is 3.96. The maximum atomic E-state index is 10.9. The van der Waals surface area contributed by atoms with Crippen molar-refractivity contribution in [3.63, 3.8) is 0 Å². The Balaban J connectivity index is 2.07. The second-order valence-corrected chi connectivity index (χ2v) is 5.09. The van der Waals surface area contributed by atoms with Gasteiger partial charge in [0.15, 0.2) is 0 Å². The van der Waals surface area contributed by atoms with Gasteiger partial charge < -0.3 is 16.2 Å². The Morgan fingerprint density at radius 3 is 2.89 bits per heavy atom. The first kappa shape index (κ1) is 13.3. The van der Waals surface area contributed by atoms with E-state index in [-0.39, 0.29) is 11.3 Å². The van der Waals surface area contributed by atoms with Gasteiger partial charge in [-0.15, -0.1) is 11.3 Å². The van der Waals surface area contributed by atoms with E-state index >= 15 is 0 Å². The Morgan fingerprint density at radius 1 is 1.47 bits per heavy atom. The zero-order chi connectivity index (χ0) is 13.8. The van der Waals surface area contributed by atoms with Gasteiger partial charge in [-0.1, -0.05) is 6.92 Å². The van der Waals surface area contributed by atoms with Crippen molar-refractivity contribution >= 4 is 28.8 Å². The quantitative estimate of drug-likeness (QED) is 0.773. The highest BCUT2D eigenvalue weighted by Gasteiger charge is 2.09. The van der Waals surface area contributed by atoms with E-state index in [9.17, 15) is 4.79 Å². The Hall–Kier alpha value is -2.15. The summed E-state index contributed by atoms with van der Waals surface area (Å²) in [6.45, 7) is 2.59. The smallest absolute Gasteiger partial charge is 0.337 e. The number of carbonyl (C=O) groups is 1. The average Bonchev–Trinajstić information content (AvgIpc) is 2.85. The van der Waals surface area contributed by atoms with Crippen molar-refractivity contribution < 1.29 is 9.90 Å². The predicted molar refractivity (Wildman–Crippen MR) is 74.4 cm³/mol. The molecule has 0 saturated heterocycles. The van der Waals surface area contributed by atoms with Crippen LogP contribution in [0.25, 0.3) is 0 Å². The molecular weight excluding hydrogens is 264 g/mol. The largest absolute Gasteiger partial charge is 0.478 e. The molecule has 0 atom stereocenters. The number of anilines is 2. The van der Waals surface area contributed by atoms with Gasteiger partial charge in [-0.2, -0.15) is 0 Å². The molecule has 0 aliphatic heterocycles. The third-order valence-corrected chi connectivity index (χ3v) is 3.68. The number of nitrogen functional groups attached to an aromatic ring is 1. The molecule has 0 bridgehead atoms. The molecule has 7 heteroatoms. The van der Waals surface area contributed by atoms with Gasteiger partial charge in [-0.25, -0.2) is 14.8 Å². The number of hydrogen-bond donors (Lipinski definition) is 3. The topological polar surface area (TPSA) is 101 Å². The molecule has 0 aliphatic carbocycles. The van der Waals surface area contributed by atoms with E-state index in [2.05, 4.69) is 22.2 Å². The van der Waals surface area contributed by atoms with Gasteiger partial charge in [0.1, 0.15) is 10.8 Å². The fourth-order valence-electron chi connectivity index (χ4n) is 1.51. The second-order valence-electron chi connectivity index (χ2n) is 3.89. The molecule has 0 unspecified atom stereocenters. The van der Waals surface area contributed by atoms with E-state index in [1.807, 2.05) is 6.20 Å². The highest BCUT2D eigenvalue weighted by molar-refractivity contribution is 7.11. The lowest BCUT2D eigenvalue weighted by atomic mass is 10.2. The summed E-state index contributed by atoms with van der Waals surface area (Å²) < 4.78 is 0. The molecule has 0 radical (unpaired) electrons. The monoisotopic (exact) mass is 278 g/mol. The molecule has 0 aromatic carbocycles. The molecule has 4 N–H and O–H groups in total. The number of hydrogen-bond acceptors (Lipinski definition) is 6. The second kappa shape index (κ2) is 5.66. The summed E-state index contributed by atoms with van der Waals surface area (Å²) >= 11 is 1.62. The minimum absolute atomic E-state index is 0.0471. The van der Waals surface area contributed by atoms with Crippen LogP contribution in [-0.2, 0) is 13.0 Å². The number of rotatable bonds is 5. The van der Waals surface area contributed by atoms with Gasteiger partial charge in [-0.3, -0.25) is 0 Å². The highest BCUT2D eigenvalue weighted by atomic mass is 32.1. The lowest BCUT2D eigenvalue weighted by Gasteiger charge is -2.06. The molecule has 0 fully saturated rings. The van der Waals surface area contributed by atoms with Crippen LogP contribution >= 0.6 is 11.3 Å². The summed E-state index contributed by atoms with van der Waals surface area (Å²) in [7, 11) is 0. The summed E-state index contributed by atoms with van der Waals surface area (Å²) in [4.78, 5) is 20.5. The van der Waals surface area contributed by atoms with E-state index in [0.717, 1.165) is 11.4 Å². The summed E-state index contributed by atoms with van der Waals surface area (Å²) in [5.41, 5.74) is 5.74. The van der Waals surface area contributed by atoms with Crippen LogP contribution in [0, 0.1) is 0 Å². The van der Waals surface area contributed by atoms with E-state index < -0.39 is 5.97 Å². The van der Waals surface area contributed by atoms with Crippen molar-refractivity contribution in [2.75, 3.05) is 11.1 Å². The van der Waals surface area contributed by atoms with Gasteiger partial charge in [-0.05, 0) is 12.5 Å². The number of carboxylic acid groups (broad SMARTS) is 1. The van der Waals surface area contributed by atoms with Crippen molar-refractivity contribution in [1.29, 1.82) is 0 Å². The van der Waals surface area contributed by atoms with Crippen LogP contribution in [0.1, 0.15) is 27.2 Å². The summed E-state index contributed by atoms with van der Waals surface area (Å²) in [5.74, 6) is -0.592. The van der Waals surface area contributed by atoms with E-state index in [4.69, 9.17) is 10.8 Å². The summed E-state index contributed by atoms with van der Waals surface area (Å²) in [6, 6.07) is 1.42. The molecule has 0 aliphatic rings. The molecule has 0 spiro atoms. The molecule has 0 amide bonds. The van der Waals surface area contributed by atoms with Crippen molar-refractivity contribution in [3.8, 4) is 0 Å². The van der Waals surface area contributed by atoms with Crippen LogP contribution in [0.3, 0.4) is 0 Å². The molecule has 2 aromatic rings. The number of nitrogens with zero attached hydrogens (tertiary/aromatic N) is 2. The van der Waals surface area contributed by atoms with Gasteiger partial charge in [0, 0.05) is 11.1 Å². The first-order chi connectivity index (χ1) is 9.10. The molecule has 2 aromatic heterocycles. The van der Waals surface area contributed by atoms with Crippen LogP contribution in [0.2, 0.25) is 0 Å². The third-order valence-electron chi connectivity index (χ3n) is 2.54. The van der Waals surface area contributed by atoms with Gasteiger partial charge in [0.2, 0.25) is 0 Å². The minimum Gasteiger partial charge on any atom is -0.478 e. The highest BCUT2D eigenvalue weighted by Crippen LogP contribution is 2.17. The average molecular weight is 278 g/mol. The van der Waals surface area contributed by atoms with Crippen molar-refractivity contribution in [2.45, 2.75) is 19.9 Å². The molecule has 2 rings (SSSR count). The van der Waals surface area contributed by atoms with Gasteiger partial charge in [0.05, 0.1) is 24.0 Å². The lowest BCUT2D eigenvalue weighted by Crippen LogP contribution is -2.07. The number of aromatic carboxylic acids is 1. The zero-order valence-corrected chi connectivity index (χ0v) is 11.2. The third kappa shape index (κ3) is 3.19. The van der Waals surface area contributed by atoms with E-state index in [0.29, 0.717) is 12.4 Å². The fraction of sp³-hybridized carbons (Fsp3) is 0.250. The van der Waals surface area contributed by atoms with Gasteiger partial charge in [0.25, 0.3) is 0 Å². The molecule has 2 heterocycles.